The summed E-state index contributed by atoms with van der Waals surface area (Å²) in [5.74, 6) is 0.131. The molecule has 0 spiro atoms. The molecule has 8 heteroatoms. The topological polar surface area (TPSA) is 84.4 Å². The monoisotopic (exact) mass is 354 g/mol. The van der Waals surface area contributed by atoms with Crippen LogP contribution in [0.15, 0.2) is 36.4 Å². The maximum Gasteiger partial charge on any atom is 0.257 e. The van der Waals surface area contributed by atoms with Crippen LogP contribution in [0.2, 0.25) is 0 Å². The van der Waals surface area contributed by atoms with Crippen molar-refractivity contribution in [2.45, 2.75) is 0 Å². The number of hydrogen-bond donors (Lipinski definition) is 1. The minimum Gasteiger partial charge on any atom is -0.491 e. The molecule has 0 radical (unpaired) electrons. The fourth-order valence-corrected chi connectivity index (χ4v) is 3.14. The molecule has 1 aliphatic rings. The van der Waals surface area contributed by atoms with Crippen LogP contribution in [0.1, 0.15) is 20.7 Å². The molecule has 2 heterocycles. The number of anilines is 1. The third kappa shape index (κ3) is 2.91. The number of fused-ring (bicyclic) bond motifs is 2. The van der Waals surface area contributed by atoms with Crippen molar-refractivity contribution in [2.75, 3.05) is 25.5 Å². The molecule has 4 rings (SSSR count). The molecular weight excluding hydrogens is 340 g/mol. The normalized spacial score (nSPS) is 14.0. The summed E-state index contributed by atoms with van der Waals surface area (Å²) < 4.78 is 13.8. The molecule has 7 nitrogen and oxygen atoms in total. The Morgan fingerprint density at radius 3 is 2.92 bits per heavy atom. The van der Waals surface area contributed by atoms with Crippen molar-refractivity contribution >= 4 is 40.3 Å². The summed E-state index contributed by atoms with van der Waals surface area (Å²) in [6, 6.07) is 10.2. The van der Waals surface area contributed by atoms with Gasteiger partial charge < -0.3 is 15.0 Å². The zero-order valence-electron chi connectivity index (χ0n) is 13.4. The van der Waals surface area contributed by atoms with Gasteiger partial charge in [0.1, 0.15) is 23.4 Å². The SMILES string of the molecule is CN1CCOc2ccc(NC(=O)c3ccc4nsnc4c3)cc2C1=O. The van der Waals surface area contributed by atoms with E-state index in [1.807, 2.05) is 0 Å². The van der Waals surface area contributed by atoms with Crippen LogP contribution >= 0.6 is 11.7 Å². The molecule has 0 fully saturated rings. The number of likely N-dealkylation sites (N-methyl/N-ethyl adjacent to an activating group) is 1. The van der Waals surface area contributed by atoms with Crippen molar-refractivity contribution < 1.29 is 14.3 Å². The Balaban J connectivity index is 1.61. The van der Waals surface area contributed by atoms with E-state index in [1.165, 1.54) is 0 Å². The van der Waals surface area contributed by atoms with Crippen LogP contribution in [0, 0.1) is 0 Å². The van der Waals surface area contributed by atoms with Gasteiger partial charge in [-0.15, -0.1) is 0 Å². The molecule has 1 aliphatic heterocycles. The Morgan fingerprint density at radius 1 is 1.20 bits per heavy atom. The predicted octanol–water partition coefficient (Wildman–Crippen LogP) is 2.41. The Labute approximate surface area is 147 Å². The van der Waals surface area contributed by atoms with E-state index in [2.05, 4.69) is 14.1 Å². The molecule has 0 aliphatic carbocycles. The number of rotatable bonds is 2. The zero-order valence-corrected chi connectivity index (χ0v) is 14.2. The number of amides is 2. The third-order valence-corrected chi connectivity index (χ3v) is 4.57. The van der Waals surface area contributed by atoms with E-state index >= 15 is 0 Å². The van der Waals surface area contributed by atoms with Gasteiger partial charge in [0.05, 0.1) is 23.8 Å². The molecule has 0 saturated heterocycles. The maximum absolute atomic E-state index is 12.5. The van der Waals surface area contributed by atoms with Crippen molar-refractivity contribution in [1.29, 1.82) is 0 Å². The van der Waals surface area contributed by atoms with Gasteiger partial charge in [0.15, 0.2) is 0 Å². The maximum atomic E-state index is 12.5. The first kappa shape index (κ1) is 15.5. The number of benzene rings is 2. The van der Waals surface area contributed by atoms with Gasteiger partial charge in [-0.05, 0) is 36.4 Å². The first-order chi connectivity index (χ1) is 12.1. The van der Waals surface area contributed by atoms with Gasteiger partial charge in [-0.2, -0.15) is 8.75 Å². The molecule has 0 atom stereocenters. The second kappa shape index (κ2) is 6.14. The first-order valence-corrected chi connectivity index (χ1v) is 8.41. The van der Waals surface area contributed by atoms with Gasteiger partial charge in [-0.1, -0.05) is 0 Å². The van der Waals surface area contributed by atoms with Crippen molar-refractivity contribution in [3.8, 4) is 5.75 Å². The van der Waals surface area contributed by atoms with Gasteiger partial charge in [0.25, 0.3) is 11.8 Å². The smallest absolute Gasteiger partial charge is 0.257 e. The summed E-state index contributed by atoms with van der Waals surface area (Å²) in [6.45, 7) is 0.972. The summed E-state index contributed by atoms with van der Waals surface area (Å²) in [6.07, 6.45) is 0. The van der Waals surface area contributed by atoms with Gasteiger partial charge >= 0.3 is 0 Å². The third-order valence-electron chi connectivity index (χ3n) is 4.01. The molecule has 2 amide bonds. The number of carbonyl (C=O) groups is 2. The highest BCUT2D eigenvalue weighted by Gasteiger charge is 2.21. The van der Waals surface area contributed by atoms with Crippen LogP contribution in [-0.4, -0.2) is 45.7 Å². The molecule has 126 valence electrons. The van der Waals surface area contributed by atoms with E-state index in [4.69, 9.17) is 4.74 Å². The van der Waals surface area contributed by atoms with Crippen molar-refractivity contribution in [3.05, 3.63) is 47.5 Å². The van der Waals surface area contributed by atoms with E-state index in [-0.39, 0.29) is 11.8 Å². The standard InChI is InChI=1S/C17H14N4O3S/c1-21-6-7-24-15-5-3-11(9-12(15)17(21)23)18-16(22)10-2-4-13-14(8-10)20-25-19-13/h2-5,8-9H,6-7H2,1H3,(H,18,22). The molecule has 1 N–H and O–H groups in total. The Bertz CT molecular complexity index is 985. The highest BCUT2D eigenvalue weighted by atomic mass is 32.1. The summed E-state index contributed by atoms with van der Waals surface area (Å²) in [5.41, 5.74) is 2.90. The molecular formula is C17H14N4O3S. The largest absolute Gasteiger partial charge is 0.491 e. The first-order valence-electron chi connectivity index (χ1n) is 7.68. The van der Waals surface area contributed by atoms with E-state index < -0.39 is 0 Å². The minimum atomic E-state index is -0.273. The van der Waals surface area contributed by atoms with Gasteiger partial charge in [-0.3, -0.25) is 9.59 Å². The summed E-state index contributed by atoms with van der Waals surface area (Å²) in [5, 5.41) is 2.81. The van der Waals surface area contributed by atoms with Gasteiger partial charge in [0.2, 0.25) is 0 Å². The lowest BCUT2D eigenvalue weighted by molar-refractivity contribution is 0.0796. The number of nitrogens with zero attached hydrogens (tertiary/aromatic N) is 3. The molecule has 2 aromatic carbocycles. The van der Waals surface area contributed by atoms with Crippen LogP contribution in [0.3, 0.4) is 0 Å². The summed E-state index contributed by atoms with van der Waals surface area (Å²) >= 11 is 1.11. The van der Waals surface area contributed by atoms with Crippen LogP contribution in [0.5, 0.6) is 5.75 Å². The quantitative estimate of drug-likeness (QED) is 0.764. The molecule has 0 saturated carbocycles. The average molecular weight is 354 g/mol. The molecule has 0 bridgehead atoms. The number of nitrogens with one attached hydrogen (secondary N) is 1. The van der Waals surface area contributed by atoms with E-state index in [9.17, 15) is 9.59 Å². The van der Waals surface area contributed by atoms with Gasteiger partial charge in [0, 0.05) is 18.3 Å². The molecule has 0 unspecified atom stereocenters. The highest BCUT2D eigenvalue weighted by Crippen LogP contribution is 2.26. The second-order valence-electron chi connectivity index (χ2n) is 5.71. The van der Waals surface area contributed by atoms with E-state index in [0.717, 1.165) is 17.2 Å². The Hall–Kier alpha value is -3.00. The zero-order chi connectivity index (χ0) is 17.4. The molecule has 1 aromatic heterocycles. The van der Waals surface area contributed by atoms with E-state index in [1.54, 1.807) is 48.3 Å². The summed E-state index contributed by atoms with van der Waals surface area (Å²) in [4.78, 5) is 26.5. The van der Waals surface area contributed by atoms with Crippen molar-refractivity contribution in [2.24, 2.45) is 0 Å². The highest BCUT2D eigenvalue weighted by molar-refractivity contribution is 7.00. The molecule has 25 heavy (non-hydrogen) atoms. The fourth-order valence-electron chi connectivity index (χ4n) is 2.63. The lowest BCUT2D eigenvalue weighted by atomic mass is 10.1. The Morgan fingerprint density at radius 2 is 2.04 bits per heavy atom. The second-order valence-corrected chi connectivity index (χ2v) is 6.24. The van der Waals surface area contributed by atoms with Crippen molar-refractivity contribution in [1.82, 2.24) is 13.6 Å². The van der Waals surface area contributed by atoms with Crippen LogP contribution in [0.25, 0.3) is 11.0 Å². The number of ether oxygens (including phenoxy) is 1. The lowest BCUT2D eigenvalue weighted by Gasteiger charge is -2.13. The predicted molar refractivity (Wildman–Crippen MR) is 94.3 cm³/mol. The lowest BCUT2D eigenvalue weighted by Crippen LogP contribution is -2.27. The minimum absolute atomic E-state index is 0.126. The van der Waals surface area contributed by atoms with Crippen LogP contribution in [0.4, 0.5) is 5.69 Å². The van der Waals surface area contributed by atoms with Gasteiger partial charge in [-0.25, -0.2) is 0 Å². The summed E-state index contributed by atoms with van der Waals surface area (Å²) in [7, 11) is 1.73. The average Bonchev–Trinajstić information content (AvgIpc) is 3.04. The van der Waals surface area contributed by atoms with E-state index in [0.29, 0.717) is 41.2 Å². The van der Waals surface area contributed by atoms with Crippen LogP contribution in [-0.2, 0) is 0 Å². The number of hydrogen-bond acceptors (Lipinski definition) is 6. The van der Waals surface area contributed by atoms with Crippen molar-refractivity contribution in [3.63, 3.8) is 0 Å². The Kier molecular flexibility index (Phi) is 3.81. The van der Waals surface area contributed by atoms with Crippen LogP contribution < -0.4 is 10.1 Å². The number of aromatic nitrogens is 2. The fraction of sp³-hybridized carbons (Fsp3) is 0.176. The number of carbonyl (C=O) groups excluding carboxylic acids is 2. The molecule has 3 aromatic rings.